The molecule has 0 heterocycles. The van der Waals surface area contributed by atoms with Gasteiger partial charge in [-0.25, -0.2) is 0 Å². The summed E-state index contributed by atoms with van der Waals surface area (Å²) < 4.78 is 10.8. The molecule has 0 unspecified atom stereocenters. The number of methoxy groups -OCH3 is 1. The maximum atomic E-state index is 9.55. The largest absolute Gasteiger partial charge is 0.487 e. The number of aliphatic hydroxyl groups is 1. The Morgan fingerprint density at radius 1 is 1.30 bits per heavy atom. The molecule has 0 fully saturated rings. The molecular weight excluding hydrogens is 334 g/mol. The Bertz CT molecular complexity index is 706. The number of nitrogens with one attached hydrogen (secondary N) is 1. The summed E-state index contributed by atoms with van der Waals surface area (Å²) in [4.78, 5) is 0. The molecule has 0 saturated heterocycles. The number of thiocarbonyl (C=S) groups is 1. The van der Waals surface area contributed by atoms with Crippen LogP contribution in [-0.4, -0.2) is 17.4 Å². The van der Waals surface area contributed by atoms with Crippen LogP contribution in [0.5, 0.6) is 5.75 Å². The maximum Gasteiger partial charge on any atom is 0.260 e. The van der Waals surface area contributed by atoms with Gasteiger partial charge in [0.25, 0.3) is 5.17 Å². The van der Waals surface area contributed by atoms with Crippen molar-refractivity contribution in [1.29, 1.82) is 0 Å². The zero-order valence-corrected chi connectivity index (χ0v) is 14.5. The number of halogens is 1. The molecule has 0 aromatic heterocycles. The van der Waals surface area contributed by atoms with Crippen LogP contribution in [0.25, 0.3) is 0 Å². The lowest BCUT2D eigenvalue weighted by molar-refractivity contribution is 0.270. The Kier molecular flexibility index (Phi) is 6.21. The molecule has 0 aliphatic heterocycles. The van der Waals surface area contributed by atoms with E-state index >= 15 is 0 Å². The van der Waals surface area contributed by atoms with E-state index in [0.717, 1.165) is 22.4 Å². The van der Waals surface area contributed by atoms with Crippen molar-refractivity contribution in [3.8, 4) is 5.75 Å². The molecule has 122 valence electrons. The summed E-state index contributed by atoms with van der Waals surface area (Å²) in [7, 11) is 1.49. The van der Waals surface area contributed by atoms with Crippen LogP contribution in [0.15, 0.2) is 36.4 Å². The summed E-state index contributed by atoms with van der Waals surface area (Å²) in [5.41, 5.74) is 3.33. The number of benzene rings is 2. The smallest absolute Gasteiger partial charge is 0.260 e. The standard InChI is InChI=1S/C17H18ClNO3S/c1-11-6-7-16(14(18)8-11)22-10-13-12(9-20)4-3-5-15(13)19-17(23)21-2/h3-8,20H,9-10H2,1-2H3,(H,19,23). The lowest BCUT2D eigenvalue weighted by Crippen LogP contribution is -2.14. The molecule has 0 aliphatic rings. The summed E-state index contributed by atoms with van der Waals surface area (Å²) >= 11 is 11.2. The molecule has 0 spiro atoms. The monoisotopic (exact) mass is 351 g/mol. The molecule has 0 atom stereocenters. The molecule has 23 heavy (non-hydrogen) atoms. The van der Waals surface area contributed by atoms with Gasteiger partial charge in [-0.3, -0.25) is 0 Å². The number of hydrogen-bond acceptors (Lipinski definition) is 4. The Hall–Kier alpha value is -1.82. The van der Waals surface area contributed by atoms with Gasteiger partial charge in [0.1, 0.15) is 12.4 Å². The van der Waals surface area contributed by atoms with Crippen LogP contribution in [0.4, 0.5) is 5.69 Å². The molecule has 0 radical (unpaired) electrons. The summed E-state index contributed by atoms with van der Waals surface area (Å²) in [6.07, 6.45) is 0. The van der Waals surface area contributed by atoms with Crippen molar-refractivity contribution in [2.24, 2.45) is 0 Å². The van der Waals surface area contributed by atoms with E-state index < -0.39 is 0 Å². The molecule has 0 aliphatic carbocycles. The quantitative estimate of drug-likeness (QED) is 0.795. The third kappa shape index (κ3) is 4.58. The minimum Gasteiger partial charge on any atom is -0.487 e. The Morgan fingerprint density at radius 3 is 2.74 bits per heavy atom. The maximum absolute atomic E-state index is 9.55. The van der Waals surface area contributed by atoms with E-state index in [-0.39, 0.29) is 18.4 Å². The van der Waals surface area contributed by atoms with Crippen LogP contribution in [-0.2, 0) is 18.0 Å². The normalized spacial score (nSPS) is 10.3. The third-order valence-electron chi connectivity index (χ3n) is 3.32. The van der Waals surface area contributed by atoms with E-state index in [1.807, 2.05) is 43.3 Å². The van der Waals surface area contributed by atoms with Crippen molar-refractivity contribution in [3.63, 3.8) is 0 Å². The van der Waals surface area contributed by atoms with Crippen molar-refractivity contribution in [1.82, 2.24) is 0 Å². The SMILES string of the molecule is COC(=S)Nc1cccc(CO)c1COc1ccc(C)cc1Cl. The fraction of sp³-hybridized carbons (Fsp3) is 0.235. The molecule has 2 N–H and O–H groups in total. The van der Waals surface area contributed by atoms with Crippen LogP contribution in [0.1, 0.15) is 16.7 Å². The zero-order valence-electron chi connectivity index (χ0n) is 12.9. The van der Waals surface area contributed by atoms with E-state index in [1.54, 1.807) is 0 Å². The van der Waals surface area contributed by atoms with E-state index in [4.69, 9.17) is 33.3 Å². The van der Waals surface area contributed by atoms with Crippen molar-refractivity contribution in [2.45, 2.75) is 20.1 Å². The minimum absolute atomic E-state index is 0.102. The molecule has 2 aromatic rings. The summed E-state index contributed by atoms with van der Waals surface area (Å²) in [5, 5.41) is 13.3. The van der Waals surface area contributed by atoms with Crippen molar-refractivity contribution >= 4 is 34.7 Å². The Labute approximate surface area is 146 Å². The van der Waals surface area contributed by atoms with Gasteiger partial charge < -0.3 is 19.9 Å². The highest BCUT2D eigenvalue weighted by atomic mass is 35.5. The van der Waals surface area contributed by atoms with Gasteiger partial charge in [-0.15, -0.1) is 0 Å². The topological polar surface area (TPSA) is 50.7 Å². The molecule has 0 saturated carbocycles. The number of aryl methyl sites for hydroxylation is 1. The van der Waals surface area contributed by atoms with E-state index in [9.17, 15) is 5.11 Å². The molecule has 2 rings (SSSR count). The first-order chi connectivity index (χ1) is 11.0. The van der Waals surface area contributed by atoms with Gasteiger partial charge >= 0.3 is 0 Å². The number of rotatable bonds is 5. The number of hydrogen-bond donors (Lipinski definition) is 2. The first kappa shape index (κ1) is 17.5. The minimum atomic E-state index is -0.102. The Morgan fingerprint density at radius 2 is 2.09 bits per heavy atom. The predicted octanol–water partition coefficient (Wildman–Crippen LogP) is 4.06. The van der Waals surface area contributed by atoms with Crippen molar-refractivity contribution in [3.05, 3.63) is 58.1 Å². The second-order valence-corrected chi connectivity index (χ2v) is 5.72. The number of anilines is 1. The highest BCUT2D eigenvalue weighted by Gasteiger charge is 2.11. The summed E-state index contributed by atoms with van der Waals surface area (Å²) in [6, 6.07) is 11.1. The lowest BCUT2D eigenvalue weighted by atomic mass is 10.1. The highest BCUT2D eigenvalue weighted by Crippen LogP contribution is 2.28. The third-order valence-corrected chi connectivity index (χ3v) is 3.89. The molecule has 4 nitrogen and oxygen atoms in total. The van der Waals surface area contributed by atoms with Gasteiger partial charge in [-0.1, -0.05) is 29.8 Å². The lowest BCUT2D eigenvalue weighted by Gasteiger charge is -2.16. The highest BCUT2D eigenvalue weighted by molar-refractivity contribution is 7.80. The van der Waals surface area contributed by atoms with Crippen LogP contribution >= 0.6 is 23.8 Å². The first-order valence-corrected chi connectivity index (χ1v) is 7.79. The van der Waals surface area contributed by atoms with Crippen LogP contribution in [0, 0.1) is 6.92 Å². The predicted molar refractivity (Wildman–Crippen MR) is 96.1 cm³/mol. The van der Waals surface area contributed by atoms with E-state index in [1.165, 1.54) is 7.11 Å². The first-order valence-electron chi connectivity index (χ1n) is 7.00. The second-order valence-electron chi connectivity index (χ2n) is 4.94. The molecular formula is C17H18ClNO3S. The zero-order chi connectivity index (χ0) is 16.8. The fourth-order valence-electron chi connectivity index (χ4n) is 2.10. The summed E-state index contributed by atoms with van der Waals surface area (Å²) in [5.74, 6) is 0.588. The Balaban J connectivity index is 2.24. The van der Waals surface area contributed by atoms with Gasteiger partial charge in [-0.2, -0.15) is 0 Å². The van der Waals surface area contributed by atoms with Gasteiger partial charge in [0.2, 0.25) is 0 Å². The molecule has 6 heteroatoms. The average molecular weight is 352 g/mol. The van der Waals surface area contributed by atoms with Gasteiger partial charge in [-0.05, 0) is 48.5 Å². The second kappa shape index (κ2) is 8.15. The van der Waals surface area contributed by atoms with Crippen LogP contribution < -0.4 is 10.1 Å². The van der Waals surface area contributed by atoms with Gasteiger partial charge in [0, 0.05) is 11.3 Å². The fourth-order valence-corrected chi connectivity index (χ4v) is 2.50. The summed E-state index contributed by atoms with van der Waals surface area (Å²) in [6.45, 7) is 2.11. The molecule has 0 amide bonds. The average Bonchev–Trinajstić information content (AvgIpc) is 2.54. The number of ether oxygens (including phenoxy) is 2. The van der Waals surface area contributed by atoms with E-state index in [2.05, 4.69) is 5.32 Å². The molecule has 2 aromatic carbocycles. The van der Waals surface area contributed by atoms with Crippen LogP contribution in [0.2, 0.25) is 5.02 Å². The van der Waals surface area contributed by atoms with Gasteiger partial charge in [0.05, 0.1) is 18.7 Å². The van der Waals surface area contributed by atoms with Crippen molar-refractivity contribution in [2.75, 3.05) is 12.4 Å². The van der Waals surface area contributed by atoms with Crippen molar-refractivity contribution < 1.29 is 14.6 Å². The molecule has 0 bridgehead atoms. The number of aliphatic hydroxyl groups excluding tert-OH is 1. The van der Waals surface area contributed by atoms with Crippen LogP contribution in [0.3, 0.4) is 0 Å². The van der Waals surface area contributed by atoms with E-state index in [0.29, 0.717) is 10.8 Å². The van der Waals surface area contributed by atoms with Gasteiger partial charge in [0.15, 0.2) is 0 Å².